The molecular formula is C13H7Br2Cl2FO. The summed E-state index contributed by atoms with van der Waals surface area (Å²) in [5.74, 6) is -0.553. The van der Waals surface area contributed by atoms with Crippen LogP contribution in [0, 0.1) is 5.82 Å². The Morgan fingerprint density at radius 1 is 1.00 bits per heavy atom. The predicted molar refractivity (Wildman–Crippen MR) is 82.3 cm³/mol. The first-order valence-electron chi connectivity index (χ1n) is 5.17. The standard InChI is InChI=1S/C13H7Br2Cl2FO/c14-6-1-2-7(10(16)3-6)13(19)8-4-11(17)9(15)5-12(8)18/h1-5,13,19H. The van der Waals surface area contributed by atoms with Crippen molar-refractivity contribution in [1.82, 2.24) is 0 Å². The lowest BCUT2D eigenvalue weighted by Crippen LogP contribution is -2.03. The Bertz CT molecular complexity index is 634. The Balaban J connectivity index is 2.49. The van der Waals surface area contributed by atoms with Gasteiger partial charge in [0.25, 0.3) is 0 Å². The highest BCUT2D eigenvalue weighted by Crippen LogP contribution is 2.34. The summed E-state index contributed by atoms with van der Waals surface area (Å²) >= 11 is 18.4. The third-order valence-corrected chi connectivity index (χ3v) is 4.61. The van der Waals surface area contributed by atoms with E-state index in [9.17, 15) is 9.50 Å². The maximum Gasteiger partial charge on any atom is 0.130 e. The molecule has 2 rings (SSSR count). The van der Waals surface area contributed by atoms with Crippen LogP contribution in [0.3, 0.4) is 0 Å². The molecule has 1 nitrogen and oxygen atoms in total. The molecule has 6 heteroatoms. The minimum absolute atomic E-state index is 0.0809. The molecule has 2 aromatic rings. The number of rotatable bonds is 2. The van der Waals surface area contributed by atoms with Crippen molar-refractivity contribution in [2.45, 2.75) is 6.10 Å². The van der Waals surface area contributed by atoms with Crippen molar-refractivity contribution in [2.24, 2.45) is 0 Å². The third-order valence-electron chi connectivity index (χ3n) is 2.59. The molecule has 0 aliphatic heterocycles. The van der Waals surface area contributed by atoms with Gasteiger partial charge in [0.05, 0.1) is 5.02 Å². The summed E-state index contributed by atoms with van der Waals surface area (Å²) < 4.78 is 15.1. The van der Waals surface area contributed by atoms with Crippen molar-refractivity contribution < 1.29 is 9.50 Å². The molecule has 0 heterocycles. The molecule has 0 aliphatic carbocycles. The van der Waals surface area contributed by atoms with E-state index in [1.165, 1.54) is 12.1 Å². The molecule has 0 amide bonds. The number of halogens is 5. The van der Waals surface area contributed by atoms with Gasteiger partial charge in [-0.05, 0) is 40.2 Å². The van der Waals surface area contributed by atoms with Crippen LogP contribution < -0.4 is 0 Å². The smallest absolute Gasteiger partial charge is 0.130 e. The Kier molecular flexibility index (Phi) is 4.90. The zero-order chi connectivity index (χ0) is 14.2. The van der Waals surface area contributed by atoms with Crippen LogP contribution in [0.1, 0.15) is 17.2 Å². The van der Waals surface area contributed by atoms with Crippen LogP contribution in [0.4, 0.5) is 4.39 Å². The van der Waals surface area contributed by atoms with Gasteiger partial charge in [0, 0.05) is 25.1 Å². The highest BCUT2D eigenvalue weighted by molar-refractivity contribution is 9.10. The van der Waals surface area contributed by atoms with Crippen LogP contribution in [0.25, 0.3) is 0 Å². The van der Waals surface area contributed by atoms with Crippen LogP contribution in [-0.4, -0.2) is 5.11 Å². The number of hydrogen-bond acceptors (Lipinski definition) is 1. The lowest BCUT2D eigenvalue weighted by Gasteiger charge is -2.15. The fraction of sp³-hybridized carbons (Fsp3) is 0.0769. The molecule has 1 unspecified atom stereocenters. The minimum atomic E-state index is -1.17. The van der Waals surface area contributed by atoms with Crippen LogP contribution in [0.5, 0.6) is 0 Å². The average Bonchev–Trinajstić information content (AvgIpc) is 2.33. The third kappa shape index (κ3) is 3.31. The van der Waals surface area contributed by atoms with Gasteiger partial charge in [-0.2, -0.15) is 0 Å². The van der Waals surface area contributed by atoms with E-state index in [4.69, 9.17) is 23.2 Å². The SMILES string of the molecule is OC(c1cc(Cl)c(Br)cc1F)c1ccc(Br)cc1Cl. The zero-order valence-corrected chi connectivity index (χ0v) is 14.0. The number of hydrogen-bond donors (Lipinski definition) is 1. The number of benzene rings is 2. The predicted octanol–water partition coefficient (Wildman–Crippen LogP) is 5.74. The lowest BCUT2D eigenvalue weighted by molar-refractivity contribution is 0.215. The molecule has 0 spiro atoms. The van der Waals surface area contributed by atoms with Crippen molar-refractivity contribution in [3.63, 3.8) is 0 Å². The zero-order valence-electron chi connectivity index (χ0n) is 9.30. The topological polar surface area (TPSA) is 20.2 Å². The monoisotopic (exact) mass is 426 g/mol. The fourth-order valence-corrected chi connectivity index (χ4v) is 2.90. The first-order chi connectivity index (χ1) is 8.90. The molecule has 0 aromatic heterocycles. The molecule has 0 saturated heterocycles. The number of aliphatic hydroxyl groups is 1. The molecule has 0 aliphatic rings. The van der Waals surface area contributed by atoms with Crippen molar-refractivity contribution in [3.8, 4) is 0 Å². The molecule has 1 atom stereocenters. The van der Waals surface area contributed by atoms with Gasteiger partial charge in [0.1, 0.15) is 11.9 Å². The largest absolute Gasteiger partial charge is 0.383 e. The summed E-state index contributed by atoms with van der Waals surface area (Å²) in [5, 5.41) is 10.9. The average molecular weight is 429 g/mol. The quantitative estimate of drug-likeness (QED) is 0.605. The van der Waals surface area contributed by atoms with E-state index in [1.807, 2.05) is 0 Å². The Hall–Kier alpha value is -0.130. The maximum atomic E-state index is 13.9. The summed E-state index contributed by atoms with van der Waals surface area (Å²) in [7, 11) is 0. The highest BCUT2D eigenvalue weighted by atomic mass is 79.9. The van der Waals surface area contributed by atoms with Crippen LogP contribution in [0.2, 0.25) is 10.0 Å². The summed E-state index contributed by atoms with van der Waals surface area (Å²) in [4.78, 5) is 0. The van der Waals surface area contributed by atoms with Crippen LogP contribution in [0.15, 0.2) is 39.3 Å². The summed E-state index contributed by atoms with van der Waals surface area (Å²) in [6, 6.07) is 7.59. The second kappa shape index (κ2) is 6.10. The first kappa shape index (κ1) is 15.3. The molecule has 0 bridgehead atoms. The van der Waals surface area contributed by atoms with Gasteiger partial charge in [-0.3, -0.25) is 0 Å². The summed E-state index contributed by atoms with van der Waals surface area (Å²) in [5.41, 5.74) is 0.500. The normalized spacial score (nSPS) is 12.5. The van der Waals surface area contributed by atoms with Gasteiger partial charge in [0.2, 0.25) is 0 Å². The number of aliphatic hydroxyl groups excluding tert-OH is 1. The molecular weight excluding hydrogens is 422 g/mol. The van der Waals surface area contributed by atoms with Crippen molar-refractivity contribution in [2.75, 3.05) is 0 Å². The van der Waals surface area contributed by atoms with E-state index in [1.54, 1.807) is 18.2 Å². The van der Waals surface area contributed by atoms with Gasteiger partial charge in [-0.25, -0.2) is 4.39 Å². The molecule has 0 saturated carbocycles. The maximum absolute atomic E-state index is 13.9. The minimum Gasteiger partial charge on any atom is -0.383 e. The molecule has 0 fully saturated rings. The van der Waals surface area contributed by atoms with Gasteiger partial charge < -0.3 is 5.11 Å². The second-order valence-corrected chi connectivity index (χ2v) is 6.44. The van der Waals surface area contributed by atoms with Crippen molar-refractivity contribution >= 4 is 55.1 Å². The van der Waals surface area contributed by atoms with E-state index in [0.717, 1.165) is 4.47 Å². The summed E-state index contributed by atoms with van der Waals surface area (Å²) in [6.07, 6.45) is -1.17. The van der Waals surface area contributed by atoms with Gasteiger partial charge in [-0.15, -0.1) is 0 Å². The molecule has 1 N–H and O–H groups in total. The fourth-order valence-electron chi connectivity index (χ4n) is 1.64. The van der Waals surface area contributed by atoms with E-state index < -0.39 is 11.9 Å². The second-order valence-electron chi connectivity index (χ2n) is 3.86. The van der Waals surface area contributed by atoms with Crippen molar-refractivity contribution in [1.29, 1.82) is 0 Å². The van der Waals surface area contributed by atoms with Gasteiger partial charge in [0.15, 0.2) is 0 Å². The van der Waals surface area contributed by atoms with Crippen LogP contribution >= 0.6 is 55.1 Å². The first-order valence-corrected chi connectivity index (χ1v) is 7.52. The van der Waals surface area contributed by atoms with Gasteiger partial charge in [-0.1, -0.05) is 45.2 Å². The Morgan fingerprint density at radius 3 is 2.32 bits per heavy atom. The Labute approximate surface area is 136 Å². The summed E-state index contributed by atoms with van der Waals surface area (Å²) in [6.45, 7) is 0. The van der Waals surface area contributed by atoms with Crippen molar-refractivity contribution in [3.05, 3.63) is 66.3 Å². The molecule has 19 heavy (non-hydrogen) atoms. The van der Waals surface area contributed by atoms with E-state index in [0.29, 0.717) is 20.1 Å². The molecule has 100 valence electrons. The lowest BCUT2D eigenvalue weighted by atomic mass is 10.0. The van der Waals surface area contributed by atoms with E-state index >= 15 is 0 Å². The van der Waals surface area contributed by atoms with E-state index in [-0.39, 0.29) is 5.56 Å². The van der Waals surface area contributed by atoms with E-state index in [2.05, 4.69) is 31.9 Å². The highest BCUT2D eigenvalue weighted by Gasteiger charge is 2.19. The molecule has 0 radical (unpaired) electrons. The van der Waals surface area contributed by atoms with Gasteiger partial charge >= 0.3 is 0 Å². The van der Waals surface area contributed by atoms with Crippen LogP contribution in [-0.2, 0) is 0 Å². The molecule has 2 aromatic carbocycles. The Morgan fingerprint density at radius 2 is 1.68 bits per heavy atom.